The fraction of sp³-hybridized carbons (Fsp3) is 0. The Morgan fingerprint density at radius 1 is 0.290 bits per heavy atom. The zero-order valence-corrected chi connectivity index (χ0v) is 33.6. The summed E-state index contributed by atoms with van der Waals surface area (Å²) in [5.74, 6) is 1.77. The Balaban J connectivity index is 1.18. The van der Waals surface area contributed by atoms with Gasteiger partial charge in [-0.2, -0.15) is 9.97 Å². The summed E-state index contributed by atoms with van der Waals surface area (Å²) in [5, 5.41) is 4.65. The molecule has 12 rings (SSSR count). The van der Waals surface area contributed by atoms with Crippen molar-refractivity contribution >= 4 is 43.6 Å². The van der Waals surface area contributed by atoms with Gasteiger partial charge in [0.25, 0.3) is 0 Å². The summed E-state index contributed by atoms with van der Waals surface area (Å²) in [6.45, 7) is 0. The summed E-state index contributed by atoms with van der Waals surface area (Å²) in [6, 6.07) is 79.2. The average Bonchev–Trinajstić information content (AvgIpc) is 3.88. The van der Waals surface area contributed by atoms with Crippen molar-refractivity contribution in [3.63, 3.8) is 0 Å². The van der Waals surface area contributed by atoms with Crippen molar-refractivity contribution in [3.8, 4) is 67.8 Å². The topological polar surface area (TPSA) is 48.5 Å². The number of nitrogens with zero attached hydrogens (tertiary/aromatic N) is 5. The number of hydrogen-bond donors (Lipinski definition) is 0. The van der Waals surface area contributed by atoms with Gasteiger partial charge in [0.1, 0.15) is 0 Å². The van der Waals surface area contributed by atoms with E-state index in [4.69, 9.17) is 15.0 Å². The highest BCUT2D eigenvalue weighted by Crippen LogP contribution is 2.46. The van der Waals surface area contributed by atoms with Crippen molar-refractivity contribution in [1.82, 2.24) is 24.1 Å². The zero-order valence-electron chi connectivity index (χ0n) is 33.6. The molecule has 5 nitrogen and oxygen atoms in total. The fourth-order valence-electron chi connectivity index (χ4n) is 9.15. The van der Waals surface area contributed by atoms with Crippen LogP contribution < -0.4 is 0 Å². The first-order valence-corrected chi connectivity index (χ1v) is 21.0. The zero-order chi connectivity index (χ0) is 41.0. The molecule has 5 heteroatoms. The number of hydrogen-bond acceptors (Lipinski definition) is 3. The quantitative estimate of drug-likeness (QED) is 0.162. The van der Waals surface area contributed by atoms with E-state index in [2.05, 4.69) is 209 Å². The molecule has 0 unspecified atom stereocenters. The van der Waals surface area contributed by atoms with Gasteiger partial charge in [-0.25, -0.2) is 4.98 Å². The highest BCUT2D eigenvalue weighted by molar-refractivity contribution is 6.31. The maximum Gasteiger partial charge on any atom is 0.238 e. The van der Waals surface area contributed by atoms with Gasteiger partial charge in [-0.15, -0.1) is 0 Å². The Bertz CT molecular complexity index is 3590. The molecule has 3 aromatic heterocycles. The first-order valence-electron chi connectivity index (χ1n) is 21.0. The minimum absolute atomic E-state index is 0.557. The van der Waals surface area contributed by atoms with Crippen LogP contribution >= 0.6 is 0 Å². The van der Waals surface area contributed by atoms with E-state index in [9.17, 15) is 0 Å². The van der Waals surface area contributed by atoms with Gasteiger partial charge in [-0.3, -0.25) is 4.57 Å². The lowest BCUT2D eigenvalue weighted by molar-refractivity contribution is 0.954. The molecule has 0 bridgehead atoms. The molecule has 62 heavy (non-hydrogen) atoms. The van der Waals surface area contributed by atoms with E-state index in [1.807, 2.05) is 24.3 Å². The van der Waals surface area contributed by atoms with Crippen LogP contribution in [0.25, 0.3) is 111 Å². The summed E-state index contributed by atoms with van der Waals surface area (Å²) in [7, 11) is 0. The maximum atomic E-state index is 5.41. The van der Waals surface area contributed by atoms with Crippen molar-refractivity contribution in [3.05, 3.63) is 224 Å². The third kappa shape index (κ3) is 5.90. The van der Waals surface area contributed by atoms with Crippen molar-refractivity contribution in [2.45, 2.75) is 0 Å². The minimum Gasteiger partial charge on any atom is -0.309 e. The summed E-state index contributed by atoms with van der Waals surface area (Å²) in [4.78, 5) is 15.9. The lowest BCUT2D eigenvalue weighted by Gasteiger charge is -2.15. The summed E-state index contributed by atoms with van der Waals surface area (Å²) in [6.07, 6.45) is 0. The van der Waals surface area contributed by atoms with Crippen LogP contribution in [-0.4, -0.2) is 24.1 Å². The third-order valence-corrected chi connectivity index (χ3v) is 12.0. The molecule has 0 aliphatic rings. The summed E-state index contributed by atoms with van der Waals surface area (Å²) >= 11 is 0. The molecule has 290 valence electrons. The van der Waals surface area contributed by atoms with Crippen LogP contribution in [0, 0.1) is 0 Å². The molecule has 12 aromatic rings. The van der Waals surface area contributed by atoms with Gasteiger partial charge in [-0.1, -0.05) is 188 Å². The predicted octanol–water partition coefficient (Wildman–Crippen LogP) is 14.4. The second kappa shape index (κ2) is 14.7. The normalized spacial score (nSPS) is 11.5. The first-order chi connectivity index (χ1) is 30.8. The number of fused-ring (bicyclic) bond motifs is 7. The molecule has 0 aliphatic carbocycles. The molecule has 0 amide bonds. The SMILES string of the molecule is c1ccc(-c2ccc(-n3c4ccccc4c4c5c6ccccc6n(-c6nc(-c7ccccc7)nc(-c7cccc(-c8ccccc8)c7)n6)c5c(-c5ccccc5)cc43)cc2)cc1. The van der Waals surface area contributed by atoms with Gasteiger partial charge >= 0.3 is 0 Å². The molecule has 0 radical (unpaired) electrons. The average molecular weight is 792 g/mol. The molecule has 0 fully saturated rings. The molecule has 0 saturated carbocycles. The van der Waals surface area contributed by atoms with Crippen molar-refractivity contribution in [2.75, 3.05) is 0 Å². The minimum atomic E-state index is 0.557. The molecule has 0 aliphatic heterocycles. The van der Waals surface area contributed by atoms with Crippen LogP contribution in [0.1, 0.15) is 0 Å². The van der Waals surface area contributed by atoms with Crippen LogP contribution in [0.15, 0.2) is 224 Å². The van der Waals surface area contributed by atoms with Gasteiger partial charge in [0.15, 0.2) is 11.6 Å². The Morgan fingerprint density at radius 2 is 0.758 bits per heavy atom. The van der Waals surface area contributed by atoms with Gasteiger partial charge in [0.2, 0.25) is 5.95 Å². The van der Waals surface area contributed by atoms with E-state index in [1.54, 1.807) is 0 Å². The lowest BCUT2D eigenvalue weighted by Crippen LogP contribution is -2.07. The van der Waals surface area contributed by atoms with Gasteiger partial charge < -0.3 is 4.57 Å². The smallest absolute Gasteiger partial charge is 0.238 e. The number of benzene rings is 9. The molecular weight excluding hydrogens is 755 g/mol. The van der Waals surface area contributed by atoms with Crippen LogP contribution in [0.3, 0.4) is 0 Å². The first kappa shape index (κ1) is 35.5. The van der Waals surface area contributed by atoms with Gasteiger partial charge in [-0.05, 0) is 64.2 Å². The van der Waals surface area contributed by atoms with E-state index < -0.39 is 0 Å². The number of rotatable bonds is 7. The van der Waals surface area contributed by atoms with Gasteiger partial charge in [0, 0.05) is 43.9 Å². The van der Waals surface area contributed by atoms with E-state index in [0.717, 1.165) is 71.9 Å². The van der Waals surface area contributed by atoms with Crippen LogP contribution in [-0.2, 0) is 0 Å². The molecule has 3 heterocycles. The third-order valence-electron chi connectivity index (χ3n) is 12.0. The van der Waals surface area contributed by atoms with E-state index in [1.165, 1.54) is 21.9 Å². The Hall–Kier alpha value is -8.41. The molecule has 9 aromatic carbocycles. The van der Waals surface area contributed by atoms with Crippen LogP contribution in [0.2, 0.25) is 0 Å². The fourth-order valence-corrected chi connectivity index (χ4v) is 9.15. The standard InChI is InChI=1S/C57H37N5/c1-5-18-38(19-6-1)40-32-34-45(35-33-40)61-49-30-15-13-28-46(49)52-51(61)37-48(41-22-9-3-10-23-41)54-53(52)47-29-14-16-31-50(47)62(54)57-59-55(42-24-11-4-12-25-42)58-56(60-57)44-27-17-26-43(36-44)39-20-7-2-8-21-39/h1-37H. The number of para-hydroxylation sites is 2. The molecule has 0 atom stereocenters. The Morgan fingerprint density at radius 3 is 1.40 bits per heavy atom. The Labute approximate surface area is 358 Å². The molecular formula is C57H37N5. The van der Waals surface area contributed by atoms with E-state index in [-0.39, 0.29) is 0 Å². The summed E-state index contributed by atoms with van der Waals surface area (Å²) < 4.78 is 4.69. The van der Waals surface area contributed by atoms with E-state index in [0.29, 0.717) is 17.6 Å². The second-order valence-electron chi connectivity index (χ2n) is 15.6. The highest BCUT2D eigenvalue weighted by atomic mass is 15.2. The van der Waals surface area contributed by atoms with Crippen LogP contribution in [0.5, 0.6) is 0 Å². The highest BCUT2D eigenvalue weighted by Gasteiger charge is 2.26. The largest absolute Gasteiger partial charge is 0.309 e. The molecule has 0 saturated heterocycles. The van der Waals surface area contributed by atoms with Crippen molar-refractivity contribution in [2.24, 2.45) is 0 Å². The molecule has 0 N–H and O–H groups in total. The maximum absolute atomic E-state index is 5.41. The second-order valence-corrected chi connectivity index (χ2v) is 15.6. The monoisotopic (exact) mass is 791 g/mol. The lowest BCUT2D eigenvalue weighted by atomic mass is 9.98. The van der Waals surface area contributed by atoms with Crippen molar-refractivity contribution in [1.29, 1.82) is 0 Å². The number of aromatic nitrogens is 5. The van der Waals surface area contributed by atoms with E-state index >= 15 is 0 Å². The Kier molecular flexibility index (Phi) is 8.42. The molecule has 0 spiro atoms. The van der Waals surface area contributed by atoms with Gasteiger partial charge in [0.05, 0.1) is 22.1 Å². The van der Waals surface area contributed by atoms with Crippen LogP contribution in [0.4, 0.5) is 0 Å². The van der Waals surface area contributed by atoms with Crippen molar-refractivity contribution < 1.29 is 0 Å². The predicted molar refractivity (Wildman–Crippen MR) is 256 cm³/mol. The summed E-state index contributed by atoms with van der Waals surface area (Å²) in [5.41, 5.74) is 14.1.